The summed E-state index contributed by atoms with van der Waals surface area (Å²) in [6, 6.07) is 13.3. The van der Waals surface area contributed by atoms with Crippen LogP contribution < -0.4 is 5.32 Å². The van der Waals surface area contributed by atoms with Gasteiger partial charge in [0.15, 0.2) is 5.69 Å². The topological polar surface area (TPSA) is 76.7 Å². The standard InChI is InChI=1S/C15H15N5O/c1-2-10-16-13-9-8-12(18-19-13)15-17-14(20-21-15)11-6-4-3-5-7-11/h3-9H,2,10H2,1H3,(H,16,19). The van der Waals surface area contributed by atoms with E-state index in [1.807, 2.05) is 42.5 Å². The minimum Gasteiger partial charge on any atom is -0.369 e. The van der Waals surface area contributed by atoms with Crippen LogP contribution in [0.5, 0.6) is 0 Å². The highest BCUT2D eigenvalue weighted by Gasteiger charge is 2.11. The second-order valence-corrected chi connectivity index (χ2v) is 4.52. The maximum atomic E-state index is 5.24. The van der Waals surface area contributed by atoms with E-state index in [1.165, 1.54) is 0 Å². The van der Waals surface area contributed by atoms with Crippen molar-refractivity contribution < 1.29 is 4.52 Å². The molecule has 0 spiro atoms. The largest absolute Gasteiger partial charge is 0.369 e. The zero-order chi connectivity index (χ0) is 14.5. The van der Waals surface area contributed by atoms with E-state index >= 15 is 0 Å². The summed E-state index contributed by atoms with van der Waals surface area (Å²) in [7, 11) is 0. The highest BCUT2D eigenvalue weighted by molar-refractivity contribution is 5.57. The second kappa shape index (κ2) is 6.13. The van der Waals surface area contributed by atoms with Crippen LogP contribution in [0.15, 0.2) is 47.0 Å². The lowest BCUT2D eigenvalue weighted by Crippen LogP contribution is -2.02. The minimum absolute atomic E-state index is 0.364. The normalized spacial score (nSPS) is 10.5. The Labute approximate surface area is 122 Å². The van der Waals surface area contributed by atoms with Gasteiger partial charge in [-0.25, -0.2) is 0 Å². The van der Waals surface area contributed by atoms with Crippen molar-refractivity contribution in [3.63, 3.8) is 0 Å². The molecular formula is C15H15N5O. The molecule has 0 fully saturated rings. The van der Waals surface area contributed by atoms with Crippen LogP contribution in [0.1, 0.15) is 13.3 Å². The summed E-state index contributed by atoms with van der Waals surface area (Å²) < 4.78 is 5.24. The molecule has 2 aromatic heterocycles. The van der Waals surface area contributed by atoms with Gasteiger partial charge >= 0.3 is 0 Å². The first kappa shape index (κ1) is 13.2. The van der Waals surface area contributed by atoms with Crippen molar-refractivity contribution >= 4 is 5.82 Å². The van der Waals surface area contributed by atoms with E-state index in [-0.39, 0.29) is 0 Å². The fourth-order valence-corrected chi connectivity index (χ4v) is 1.83. The van der Waals surface area contributed by atoms with Gasteiger partial charge in [-0.1, -0.05) is 42.4 Å². The molecule has 3 aromatic rings. The van der Waals surface area contributed by atoms with Gasteiger partial charge in [-0.3, -0.25) is 0 Å². The maximum Gasteiger partial charge on any atom is 0.278 e. The third-order valence-corrected chi connectivity index (χ3v) is 2.90. The molecule has 0 saturated carbocycles. The van der Waals surface area contributed by atoms with Gasteiger partial charge in [-0.15, -0.1) is 10.2 Å². The van der Waals surface area contributed by atoms with Gasteiger partial charge in [-0.2, -0.15) is 4.98 Å². The monoisotopic (exact) mass is 281 g/mol. The fraction of sp³-hybridized carbons (Fsp3) is 0.200. The van der Waals surface area contributed by atoms with E-state index < -0.39 is 0 Å². The van der Waals surface area contributed by atoms with Gasteiger partial charge in [0.2, 0.25) is 5.82 Å². The Hall–Kier alpha value is -2.76. The van der Waals surface area contributed by atoms with Crippen LogP contribution >= 0.6 is 0 Å². The summed E-state index contributed by atoms with van der Waals surface area (Å²) >= 11 is 0. The van der Waals surface area contributed by atoms with Gasteiger partial charge in [0, 0.05) is 12.1 Å². The van der Waals surface area contributed by atoms with E-state index in [9.17, 15) is 0 Å². The first-order valence-electron chi connectivity index (χ1n) is 6.84. The number of nitrogens with zero attached hydrogens (tertiary/aromatic N) is 4. The van der Waals surface area contributed by atoms with E-state index in [1.54, 1.807) is 0 Å². The average Bonchev–Trinajstić information content (AvgIpc) is 3.04. The molecule has 6 nitrogen and oxygen atoms in total. The quantitative estimate of drug-likeness (QED) is 0.774. The van der Waals surface area contributed by atoms with Gasteiger partial charge in [0.25, 0.3) is 5.89 Å². The van der Waals surface area contributed by atoms with E-state index in [2.05, 4.69) is 32.6 Å². The zero-order valence-corrected chi connectivity index (χ0v) is 11.7. The Morgan fingerprint density at radius 2 is 1.90 bits per heavy atom. The van der Waals surface area contributed by atoms with Crippen LogP contribution in [-0.4, -0.2) is 26.9 Å². The second-order valence-electron chi connectivity index (χ2n) is 4.52. The lowest BCUT2D eigenvalue weighted by atomic mass is 10.2. The molecule has 2 heterocycles. The Kier molecular flexibility index (Phi) is 3.86. The predicted octanol–water partition coefficient (Wildman–Crippen LogP) is 3.02. The van der Waals surface area contributed by atoms with Crippen molar-refractivity contribution in [3.05, 3.63) is 42.5 Å². The number of hydrogen-bond donors (Lipinski definition) is 1. The summed E-state index contributed by atoms with van der Waals surface area (Å²) in [5.41, 5.74) is 1.47. The molecule has 0 aliphatic rings. The highest BCUT2D eigenvalue weighted by atomic mass is 16.5. The van der Waals surface area contributed by atoms with Gasteiger partial charge in [0.05, 0.1) is 0 Å². The molecule has 0 aliphatic carbocycles. The fourth-order valence-electron chi connectivity index (χ4n) is 1.83. The average molecular weight is 281 g/mol. The van der Waals surface area contributed by atoms with E-state index in [0.717, 1.165) is 24.3 Å². The van der Waals surface area contributed by atoms with Crippen LogP contribution in [-0.2, 0) is 0 Å². The predicted molar refractivity (Wildman–Crippen MR) is 79.5 cm³/mol. The van der Waals surface area contributed by atoms with Crippen molar-refractivity contribution in [3.8, 4) is 23.0 Å². The molecule has 0 radical (unpaired) electrons. The molecule has 0 atom stereocenters. The lowest BCUT2D eigenvalue weighted by Gasteiger charge is -2.01. The Balaban J connectivity index is 1.80. The molecule has 106 valence electrons. The molecular weight excluding hydrogens is 266 g/mol. The third-order valence-electron chi connectivity index (χ3n) is 2.90. The number of benzene rings is 1. The highest BCUT2D eigenvalue weighted by Crippen LogP contribution is 2.20. The minimum atomic E-state index is 0.364. The maximum absolute atomic E-state index is 5.24. The number of hydrogen-bond acceptors (Lipinski definition) is 6. The molecule has 0 aliphatic heterocycles. The molecule has 1 aromatic carbocycles. The van der Waals surface area contributed by atoms with Crippen LogP contribution in [0, 0.1) is 0 Å². The number of anilines is 1. The Morgan fingerprint density at radius 3 is 2.62 bits per heavy atom. The van der Waals surface area contributed by atoms with E-state index in [4.69, 9.17) is 4.52 Å². The summed E-state index contributed by atoms with van der Waals surface area (Å²) in [6.45, 7) is 2.96. The number of nitrogens with one attached hydrogen (secondary N) is 1. The van der Waals surface area contributed by atoms with Gasteiger partial charge in [0.1, 0.15) is 5.82 Å². The van der Waals surface area contributed by atoms with Crippen molar-refractivity contribution in [1.29, 1.82) is 0 Å². The Morgan fingerprint density at radius 1 is 1.05 bits per heavy atom. The molecule has 21 heavy (non-hydrogen) atoms. The van der Waals surface area contributed by atoms with Gasteiger partial charge in [-0.05, 0) is 18.6 Å². The van der Waals surface area contributed by atoms with E-state index in [0.29, 0.717) is 17.4 Å². The summed E-state index contributed by atoms with van der Waals surface area (Å²) in [5, 5.41) is 15.3. The number of rotatable bonds is 5. The van der Waals surface area contributed by atoms with Crippen LogP contribution in [0.4, 0.5) is 5.82 Å². The lowest BCUT2D eigenvalue weighted by molar-refractivity contribution is 0.430. The molecule has 0 unspecified atom stereocenters. The van der Waals surface area contributed by atoms with Crippen LogP contribution in [0.2, 0.25) is 0 Å². The summed E-state index contributed by atoms with van der Waals surface area (Å²) in [5.74, 6) is 1.65. The van der Waals surface area contributed by atoms with Crippen molar-refractivity contribution in [2.75, 3.05) is 11.9 Å². The van der Waals surface area contributed by atoms with Crippen molar-refractivity contribution in [2.24, 2.45) is 0 Å². The zero-order valence-electron chi connectivity index (χ0n) is 11.7. The smallest absolute Gasteiger partial charge is 0.278 e. The molecule has 0 saturated heterocycles. The van der Waals surface area contributed by atoms with Crippen LogP contribution in [0.25, 0.3) is 23.0 Å². The third kappa shape index (κ3) is 3.05. The van der Waals surface area contributed by atoms with Crippen molar-refractivity contribution in [1.82, 2.24) is 20.3 Å². The SMILES string of the molecule is CCCNc1ccc(-c2nc(-c3ccccc3)no2)nn1. The first-order valence-corrected chi connectivity index (χ1v) is 6.84. The summed E-state index contributed by atoms with van der Waals surface area (Å²) in [4.78, 5) is 4.34. The number of aromatic nitrogens is 4. The molecule has 3 rings (SSSR count). The summed E-state index contributed by atoms with van der Waals surface area (Å²) in [6.07, 6.45) is 1.04. The van der Waals surface area contributed by atoms with Crippen LogP contribution in [0.3, 0.4) is 0 Å². The van der Waals surface area contributed by atoms with Crippen molar-refractivity contribution in [2.45, 2.75) is 13.3 Å². The molecule has 6 heteroatoms. The van der Waals surface area contributed by atoms with Gasteiger partial charge < -0.3 is 9.84 Å². The molecule has 1 N–H and O–H groups in total. The molecule has 0 amide bonds. The first-order chi connectivity index (χ1) is 10.4. The Bertz CT molecular complexity index is 694. The molecule has 0 bridgehead atoms.